The van der Waals surface area contributed by atoms with Crippen molar-refractivity contribution in [1.82, 2.24) is 0 Å². The van der Waals surface area contributed by atoms with Gasteiger partial charge in [-0.3, -0.25) is 0 Å². The Balaban J connectivity index is 0.000000841. The van der Waals surface area contributed by atoms with Crippen LogP contribution in [0.25, 0.3) is 0 Å². The molecule has 0 saturated carbocycles. The molecule has 0 bridgehead atoms. The Hall–Kier alpha value is -0.720. The number of aryl methyl sites for hydroxylation is 1. The first-order valence-corrected chi connectivity index (χ1v) is 9.77. The SMILES string of the molecule is CCCCCCCCCCCC[n+]1ccccc1.[O-][Cl+3]([O-])([O-])O. The zero-order valence-corrected chi connectivity index (χ0v) is 14.9. The molecule has 0 aliphatic rings. The van der Waals surface area contributed by atoms with Gasteiger partial charge < -0.3 is 0 Å². The van der Waals surface area contributed by atoms with E-state index in [1.165, 1.54) is 70.8 Å². The van der Waals surface area contributed by atoms with E-state index >= 15 is 0 Å². The molecule has 0 amide bonds. The van der Waals surface area contributed by atoms with Crippen LogP contribution >= 0.6 is 0 Å². The number of hydrogen-bond donors (Lipinski definition) is 1. The average molecular weight is 349 g/mol. The minimum absolute atomic E-state index is 1.18. The molecule has 1 heterocycles. The van der Waals surface area contributed by atoms with Crippen LogP contribution in [0, 0.1) is 10.2 Å². The molecule has 0 fully saturated rings. The molecule has 1 aromatic heterocycles. The highest BCUT2D eigenvalue weighted by atomic mass is 35.7. The Labute approximate surface area is 142 Å². The number of hydrogen-bond acceptors (Lipinski definition) is 4. The van der Waals surface area contributed by atoms with E-state index in [-0.39, 0.29) is 0 Å². The molecule has 0 radical (unpaired) electrons. The smallest absolute Gasteiger partial charge is 0.168 e. The molecule has 1 rings (SSSR count). The van der Waals surface area contributed by atoms with E-state index in [0.717, 1.165) is 0 Å². The van der Waals surface area contributed by atoms with Crippen molar-refractivity contribution in [1.29, 1.82) is 0 Å². The molecule has 0 atom stereocenters. The lowest BCUT2D eigenvalue weighted by Crippen LogP contribution is -2.58. The summed E-state index contributed by atoms with van der Waals surface area (Å²) in [4.78, 5) is 0. The second kappa shape index (κ2) is 14.8. The molecule has 0 spiro atoms. The van der Waals surface area contributed by atoms with Gasteiger partial charge in [-0.15, -0.1) is 0 Å². The van der Waals surface area contributed by atoms with Crippen LogP contribution in [0.2, 0.25) is 0 Å². The second-order valence-electron chi connectivity index (χ2n) is 5.69. The van der Waals surface area contributed by atoms with Gasteiger partial charge in [-0.25, -0.2) is 4.57 Å². The van der Waals surface area contributed by atoms with Crippen molar-refractivity contribution < 1.29 is 33.4 Å². The largest absolute Gasteiger partial charge is 0.205 e. The average Bonchev–Trinajstić information content (AvgIpc) is 2.48. The van der Waals surface area contributed by atoms with Crippen LogP contribution in [0.15, 0.2) is 30.6 Å². The Bertz CT molecular complexity index is 351. The Morgan fingerprint density at radius 2 is 1.13 bits per heavy atom. The van der Waals surface area contributed by atoms with Gasteiger partial charge in [0, 0.05) is 18.6 Å². The third kappa shape index (κ3) is 21.3. The van der Waals surface area contributed by atoms with Gasteiger partial charge in [-0.05, 0) is 6.42 Å². The van der Waals surface area contributed by atoms with E-state index in [4.69, 9.17) is 18.6 Å². The molecule has 0 aromatic carbocycles. The van der Waals surface area contributed by atoms with Gasteiger partial charge in [0.15, 0.2) is 12.4 Å². The number of nitrogens with zero attached hydrogens (tertiary/aromatic N) is 1. The van der Waals surface area contributed by atoms with Crippen LogP contribution in [-0.2, 0) is 6.54 Å². The van der Waals surface area contributed by atoms with E-state index in [2.05, 4.69) is 42.1 Å². The van der Waals surface area contributed by atoms with Gasteiger partial charge in [-0.2, -0.15) is 14.0 Å². The van der Waals surface area contributed by atoms with E-state index in [0.29, 0.717) is 0 Å². The highest BCUT2D eigenvalue weighted by Gasteiger charge is 1.99. The first kappa shape index (κ1) is 22.3. The standard InChI is InChI=1S/C17H30N.ClHO4/c1-2-3-4-5-6-7-8-9-10-12-15-18-16-13-11-14-17-18;2-1(3,4)5/h11,13-14,16-17H,2-10,12,15H2,1H3;(H,2,3,4,5)/q+1;. The third-order valence-electron chi connectivity index (χ3n) is 3.55. The van der Waals surface area contributed by atoms with Gasteiger partial charge in [0.25, 0.3) is 0 Å². The van der Waals surface area contributed by atoms with Crippen molar-refractivity contribution in [2.75, 3.05) is 0 Å². The normalized spacial score (nSPS) is 11.0. The maximum absolute atomic E-state index is 8.60. The molecule has 0 unspecified atom stereocenters. The lowest BCUT2D eigenvalue weighted by Gasteiger charge is -2.03. The van der Waals surface area contributed by atoms with Gasteiger partial charge in [0.2, 0.25) is 0 Å². The minimum Gasteiger partial charge on any atom is -0.205 e. The molecule has 6 heteroatoms. The van der Waals surface area contributed by atoms with Crippen molar-refractivity contribution in [3.63, 3.8) is 0 Å². The summed E-state index contributed by atoms with van der Waals surface area (Å²) in [6.45, 7) is 3.46. The molecule has 0 aliphatic heterocycles. The highest BCUT2D eigenvalue weighted by molar-refractivity contribution is 4.83. The van der Waals surface area contributed by atoms with E-state index in [1.54, 1.807) is 0 Å². The predicted octanol–water partition coefficient (Wildman–Crippen LogP) is 0.771. The monoisotopic (exact) mass is 348 g/mol. The maximum Gasteiger partial charge on any atom is 0.168 e. The molecule has 0 saturated heterocycles. The van der Waals surface area contributed by atoms with Crippen LogP contribution in [0.3, 0.4) is 0 Å². The minimum atomic E-state index is -4.69. The van der Waals surface area contributed by atoms with Crippen LogP contribution in [0.4, 0.5) is 0 Å². The number of aromatic nitrogens is 1. The summed E-state index contributed by atoms with van der Waals surface area (Å²) in [6.07, 6.45) is 18.5. The molecule has 5 nitrogen and oxygen atoms in total. The number of halogens is 1. The molecular formula is C17H31ClNO4+. The summed E-state index contributed by atoms with van der Waals surface area (Å²) in [6, 6.07) is 6.29. The van der Waals surface area contributed by atoms with E-state index in [1.807, 2.05) is 0 Å². The lowest BCUT2D eigenvalue weighted by atomic mass is 10.1. The van der Waals surface area contributed by atoms with Crippen LogP contribution in [-0.4, -0.2) is 4.66 Å². The zero-order valence-electron chi connectivity index (χ0n) is 14.2. The predicted molar refractivity (Wildman–Crippen MR) is 80.7 cm³/mol. The number of pyridine rings is 1. The van der Waals surface area contributed by atoms with Crippen molar-refractivity contribution in [2.45, 2.75) is 77.7 Å². The van der Waals surface area contributed by atoms with Crippen molar-refractivity contribution in [3.8, 4) is 0 Å². The molecule has 1 aromatic rings. The summed E-state index contributed by atoms with van der Waals surface area (Å²) in [5, 5.41) is 0. The van der Waals surface area contributed by atoms with E-state index < -0.39 is 10.2 Å². The summed E-state index contributed by atoms with van der Waals surface area (Å²) in [5.41, 5.74) is 0. The zero-order chi connectivity index (χ0) is 17.4. The highest BCUT2D eigenvalue weighted by Crippen LogP contribution is 2.10. The third-order valence-corrected chi connectivity index (χ3v) is 3.55. The molecular weight excluding hydrogens is 318 g/mol. The fraction of sp³-hybridized carbons (Fsp3) is 0.706. The quantitative estimate of drug-likeness (QED) is 0.472. The van der Waals surface area contributed by atoms with Gasteiger partial charge >= 0.3 is 0 Å². The Kier molecular flexibility index (Phi) is 14.4. The molecule has 0 aliphatic carbocycles. The fourth-order valence-corrected chi connectivity index (χ4v) is 2.37. The Morgan fingerprint density at radius 1 is 0.739 bits per heavy atom. The van der Waals surface area contributed by atoms with Crippen LogP contribution < -0.4 is 18.5 Å². The fourth-order valence-electron chi connectivity index (χ4n) is 2.37. The van der Waals surface area contributed by atoms with Gasteiger partial charge in [0.1, 0.15) is 6.54 Å². The van der Waals surface area contributed by atoms with Crippen LogP contribution in [0.1, 0.15) is 71.1 Å². The summed E-state index contributed by atoms with van der Waals surface area (Å²) < 4.78 is 35.0. The summed E-state index contributed by atoms with van der Waals surface area (Å²) in [7, 11) is -4.69. The lowest BCUT2D eigenvalue weighted by molar-refractivity contribution is -1.92. The number of rotatable bonds is 11. The summed E-state index contributed by atoms with van der Waals surface area (Å²) >= 11 is 0. The molecule has 1 N–H and O–H groups in total. The summed E-state index contributed by atoms with van der Waals surface area (Å²) in [5.74, 6) is 0. The topological polar surface area (TPSA) is 93.3 Å². The number of unbranched alkanes of at least 4 members (excludes halogenated alkanes) is 9. The van der Waals surface area contributed by atoms with Crippen LogP contribution in [0.5, 0.6) is 0 Å². The maximum atomic E-state index is 8.60. The first-order chi connectivity index (χ1) is 10.9. The first-order valence-electron chi connectivity index (χ1n) is 8.51. The van der Waals surface area contributed by atoms with E-state index in [9.17, 15) is 0 Å². The van der Waals surface area contributed by atoms with Gasteiger partial charge in [0.05, 0.1) is 14.9 Å². The van der Waals surface area contributed by atoms with Crippen molar-refractivity contribution in [3.05, 3.63) is 30.6 Å². The van der Waals surface area contributed by atoms with Crippen molar-refractivity contribution in [2.24, 2.45) is 0 Å². The Morgan fingerprint density at radius 3 is 1.57 bits per heavy atom. The second-order valence-corrected chi connectivity index (χ2v) is 6.48. The molecule has 23 heavy (non-hydrogen) atoms. The van der Waals surface area contributed by atoms with Gasteiger partial charge in [-0.1, -0.05) is 64.4 Å². The molecule has 134 valence electrons. The van der Waals surface area contributed by atoms with Crippen molar-refractivity contribution >= 4 is 0 Å².